The number of carbonyl (C=O) groups excluding carboxylic acids is 1. The van der Waals surface area contributed by atoms with Gasteiger partial charge in [-0.25, -0.2) is 43.1 Å². The first-order chi connectivity index (χ1) is 47.1. The molecule has 4 fully saturated rings. The van der Waals surface area contributed by atoms with Gasteiger partial charge in [-0.15, -0.1) is 0 Å². The normalized spacial score (nSPS) is 30.9. The van der Waals surface area contributed by atoms with Crippen LogP contribution in [0.15, 0.2) is 46.2 Å². The number of aliphatic imine (C=N–C) groups is 1. The number of Topliss-reactive ketones (excluding diaryl/α,β-unsaturated/α-hetero) is 1. The number of fused-ring (bicyclic) bond motifs is 4. The second-order valence-corrected chi connectivity index (χ2v) is 29.5. The first-order valence-electron chi connectivity index (χ1n) is 28.9. The molecule has 12 rings (SSSR count). The standard InChI is InChI=1S/C45H60N19O31P5/c1-4-49-33-22-34(51-10-50-33)61(12-53-22)42-29(70)30(92-96(73,74)84-6-16-25(66)27(68)40(88-16)62-11-52-21-15(65)5-20(46)55-35(21)62)18(90-42)8-85-97(75,76)93-31-19(91-43(32(31)83-3)63-13-54-23-36(63)56-44(47)58-38(23)71)9-87-99(79,80)95-100(81,82)94-98(77,78)86-7-17-26(67)28(69)41(89-17)64-14-60(2)24-37(64)57-45(48)59-39(24)72/h10-14,16-19,25-32,40-43,66-70H,4-9H2,1-3H3,(H13-,46,47,48,49,50,51,55,56,57,58,59,65,71,72,73,74,75,76,77,78,79,80,81,82)/p-4/t16-,17-,18-,19-,25-,26-,27-,28-,29-,30-,31-,32-,40-,41-,42-,43-/m1/s1. The van der Waals surface area contributed by atoms with Gasteiger partial charge in [0, 0.05) is 13.7 Å². The average Bonchev–Trinajstić information content (AvgIpc) is 1.61. The zero-order chi connectivity index (χ0) is 72.0. The summed E-state index contributed by atoms with van der Waals surface area (Å²) in [6, 6.07) is 0. The van der Waals surface area contributed by atoms with E-state index in [4.69, 9.17) is 63.5 Å². The van der Waals surface area contributed by atoms with Crippen LogP contribution in [0.25, 0.3) is 33.5 Å². The lowest BCUT2D eigenvalue weighted by Crippen LogP contribution is -2.46. The number of aliphatic hydroxyl groups excluding tert-OH is 5. The van der Waals surface area contributed by atoms with Crippen molar-refractivity contribution in [2.45, 2.75) is 112 Å². The third kappa shape index (κ3) is 14.6. The summed E-state index contributed by atoms with van der Waals surface area (Å²) < 4.78 is 140. The van der Waals surface area contributed by atoms with Crippen molar-refractivity contribution in [3.8, 4) is 0 Å². The molecule has 0 aromatic carbocycles. The third-order valence-electron chi connectivity index (χ3n) is 15.7. The topological polar surface area (TPSA) is 721 Å². The lowest BCUT2D eigenvalue weighted by molar-refractivity contribution is -0.745. The van der Waals surface area contributed by atoms with Crippen LogP contribution in [0.1, 0.15) is 48.7 Å². The van der Waals surface area contributed by atoms with Crippen LogP contribution in [-0.4, -0.2) is 214 Å². The molecule has 21 atom stereocenters. The van der Waals surface area contributed by atoms with Crippen molar-refractivity contribution in [2.75, 3.05) is 56.9 Å². The minimum absolute atomic E-state index is 0.0407. The number of ketones is 1. The number of anilines is 3. The number of nitrogens with zero attached hydrogens (tertiary/aromatic N) is 13. The fraction of sp³-hybridized carbons (Fsp3) is 0.556. The van der Waals surface area contributed by atoms with Gasteiger partial charge in [-0.2, -0.15) is 4.98 Å². The monoisotopic (exact) mass is 1510 g/mol. The summed E-state index contributed by atoms with van der Waals surface area (Å²) in [7, 11) is -29.2. The summed E-state index contributed by atoms with van der Waals surface area (Å²) in [5.41, 5.74) is 14.5. The van der Waals surface area contributed by atoms with E-state index >= 15 is 0 Å². The molecule has 0 saturated carbocycles. The van der Waals surface area contributed by atoms with Gasteiger partial charge in [0.05, 0.1) is 58.9 Å². The number of ether oxygens (including phenoxy) is 5. The van der Waals surface area contributed by atoms with Gasteiger partial charge in [0.1, 0.15) is 85.4 Å². The number of nitrogen functional groups attached to an aromatic ring is 2. The number of nitrogens with two attached hydrogens (primary N) is 3. The van der Waals surface area contributed by atoms with Crippen LogP contribution in [-0.2, 0) is 89.3 Å². The number of hydrogen-bond donors (Lipinski definition) is 11. The SMILES string of the molecule is CCNc1ncnc2c1ncn2[C@@H]1O[C@H](COP(=O)([O-])O[C@H]2[C@@H](OC)[C@H](n3cnc4c(=O)[nH]c(N)nc43)O[C@@H]2COP(=O)([O-])OP(=O)([O-])OP(=O)([O-])OC[C@H]2O[C@@H]([n+]3cn(C)c4c(=O)[nH]c(N)nc43)[C@H](O)[C@@H]2O)[C@@H](OP(=O)([O-])OC[C@H]2O[C@@H](n3cnc4c3N=C(N)CC4=O)[C@H](O)[C@@H]2O)[C@H]1O. The summed E-state index contributed by atoms with van der Waals surface area (Å²) in [5.74, 6) is -1.43. The second kappa shape index (κ2) is 27.8. The van der Waals surface area contributed by atoms with Crippen LogP contribution in [0, 0.1) is 0 Å². The van der Waals surface area contributed by atoms with Crippen LogP contribution in [0.2, 0.25) is 0 Å². The van der Waals surface area contributed by atoms with Gasteiger partial charge in [0.15, 0.2) is 70.5 Å². The van der Waals surface area contributed by atoms with Crippen LogP contribution in [0.3, 0.4) is 0 Å². The summed E-state index contributed by atoms with van der Waals surface area (Å²) >= 11 is 0. The maximum atomic E-state index is 14.2. The van der Waals surface area contributed by atoms with Crippen molar-refractivity contribution in [3.05, 3.63) is 58.0 Å². The number of carbonyl (C=O) groups is 1. The van der Waals surface area contributed by atoms with E-state index in [2.05, 4.69) is 68.3 Å². The first kappa shape index (κ1) is 73.0. The molecule has 14 N–H and O–H groups in total. The van der Waals surface area contributed by atoms with E-state index in [0.29, 0.717) is 6.54 Å². The molecule has 0 radical (unpaired) electrons. The smallest absolute Gasteiger partial charge is 0.313 e. The van der Waals surface area contributed by atoms with Gasteiger partial charge in [-0.05, 0) is 6.92 Å². The number of aliphatic hydroxyl groups is 5. The Kier molecular flexibility index (Phi) is 20.3. The van der Waals surface area contributed by atoms with E-state index in [1.807, 2.05) is 0 Å². The summed E-state index contributed by atoms with van der Waals surface area (Å²) in [6.07, 6.45) is -25.5. The Morgan fingerprint density at radius 1 is 0.620 bits per heavy atom. The van der Waals surface area contributed by atoms with Crippen molar-refractivity contribution in [1.82, 2.24) is 63.1 Å². The van der Waals surface area contributed by atoms with Crippen molar-refractivity contribution in [2.24, 2.45) is 17.8 Å². The van der Waals surface area contributed by atoms with Gasteiger partial charge in [0.25, 0.3) is 56.2 Å². The van der Waals surface area contributed by atoms with E-state index in [-0.39, 0.29) is 63.5 Å². The number of H-pyrrole nitrogens is 2. The first-order valence-corrected chi connectivity index (χ1v) is 36.2. The van der Waals surface area contributed by atoms with Crippen molar-refractivity contribution >= 4 is 108 Å². The van der Waals surface area contributed by atoms with Crippen LogP contribution >= 0.6 is 39.1 Å². The molecule has 0 aliphatic carbocycles. The number of rotatable bonds is 27. The number of imidazole rings is 4. The van der Waals surface area contributed by atoms with Gasteiger partial charge in [0.2, 0.25) is 17.7 Å². The molecule has 5 aliphatic heterocycles. The number of aromatic nitrogens is 14. The molecular formula is C45H56N19O31P5-4. The molecule has 5 aliphatic rings. The van der Waals surface area contributed by atoms with Crippen LogP contribution in [0.4, 0.5) is 23.5 Å². The molecule has 0 bridgehead atoms. The molecule has 5 unspecified atom stereocenters. The van der Waals surface area contributed by atoms with E-state index < -0.39 is 192 Å². The second-order valence-electron chi connectivity index (χ2n) is 22.3. The van der Waals surface area contributed by atoms with Gasteiger partial charge in [-0.1, -0.05) is 4.98 Å². The largest absolute Gasteiger partial charge is 0.756 e. The summed E-state index contributed by atoms with van der Waals surface area (Å²) in [5, 5.41) is 58.4. The van der Waals surface area contributed by atoms with E-state index in [9.17, 15) is 87.2 Å². The number of phosphoric ester groups is 4. The third-order valence-corrected chi connectivity index (χ3v) is 21.8. The maximum absolute atomic E-state index is 14.2. The predicted molar refractivity (Wildman–Crippen MR) is 311 cm³/mol. The number of amidine groups is 1. The highest BCUT2D eigenvalue weighted by atomic mass is 31.3. The highest BCUT2D eigenvalue weighted by molar-refractivity contribution is 7.65. The molecule has 50 nitrogen and oxygen atoms in total. The fourth-order valence-electron chi connectivity index (χ4n) is 11.4. The van der Waals surface area contributed by atoms with Gasteiger partial charge < -0.3 is 123 Å². The molecule has 0 amide bonds. The molecular weight excluding hydrogens is 1460 g/mol. The number of methoxy groups -OCH3 is 1. The number of aromatic amines is 2. The quantitative estimate of drug-likeness (QED) is 0.0168. The Morgan fingerprint density at radius 2 is 1.16 bits per heavy atom. The highest BCUT2D eigenvalue weighted by Gasteiger charge is 2.53. The van der Waals surface area contributed by atoms with E-state index in [1.165, 1.54) is 17.9 Å². The van der Waals surface area contributed by atoms with Crippen LogP contribution in [0.5, 0.6) is 0 Å². The van der Waals surface area contributed by atoms with Crippen molar-refractivity contribution in [1.29, 1.82) is 0 Å². The minimum Gasteiger partial charge on any atom is -0.756 e. The molecule has 12 heterocycles. The Bertz CT molecular complexity index is 4710. The van der Waals surface area contributed by atoms with Crippen molar-refractivity contribution < 1.29 is 142 Å². The molecule has 4 saturated heterocycles. The number of phosphoric acid groups is 5. The number of aryl methyl sites for hydroxylation is 1. The number of hydrogen-bond acceptors (Lipinski definition) is 43. The lowest BCUT2D eigenvalue weighted by atomic mass is 10.1. The summed E-state index contributed by atoms with van der Waals surface area (Å²) in [4.78, 5) is 142. The average molecular weight is 1510 g/mol. The van der Waals surface area contributed by atoms with E-state index in [1.54, 1.807) is 6.92 Å². The Labute approximate surface area is 555 Å². The zero-order valence-electron chi connectivity index (χ0n) is 51.0. The Hall–Kier alpha value is -6.77. The molecule has 7 aromatic rings. The Balaban J connectivity index is 0.746. The predicted octanol–water partition coefficient (Wildman–Crippen LogP) is -7.79. The Morgan fingerprint density at radius 3 is 1.82 bits per heavy atom. The molecule has 100 heavy (non-hydrogen) atoms. The number of nitrogens with one attached hydrogen (secondary N) is 3. The minimum atomic E-state index is -6.73. The van der Waals surface area contributed by atoms with E-state index in [0.717, 1.165) is 50.7 Å². The van der Waals surface area contributed by atoms with Crippen molar-refractivity contribution in [3.63, 3.8) is 0 Å². The zero-order valence-corrected chi connectivity index (χ0v) is 55.5. The van der Waals surface area contributed by atoms with Gasteiger partial charge in [-0.3, -0.25) is 65.4 Å². The molecule has 546 valence electrons. The highest BCUT2D eigenvalue weighted by Crippen LogP contribution is 2.63. The summed E-state index contributed by atoms with van der Waals surface area (Å²) in [6.45, 7) is -3.30. The molecule has 7 aromatic heterocycles. The maximum Gasteiger partial charge on any atom is 0.313 e. The fourth-order valence-corrected chi connectivity index (χ4v) is 16.6. The molecule has 0 spiro atoms. The van der Waals surface area contributed by atoms with Gasteiger partial charge >= 0.3 is 5.65 Å². The lowest BCUT2D eigenvalue weighted by Gasteiger charge is -2.35. The molecule has 55 heteroatoms. The van der Waals surface area contributed by atoms with Crippen LogP contribution < -0.4 is 62.7 Å².